The third-order valence-corrected chi connectivity index (χ3v) is 3.50. The van der Waals surface area contributed by atoms with Gasteiger partial charge in [-0.15, -0.1) is 0 Å². The van der Waals surface area contributed by atoms with Gasteiger partial charge in [-0.3, -0.25) is 0 Å². The molecule has 82 valence electrons. The molecule has 2 aromatic rings. The normalized spacial score (nSPS) is 17.0. The molecule has 2 heterocycles. The van der Waals surface area contributed by atoms with Gasteiger partial charge in [-0.25, -0.2) is 4.52 Å². The first-order valence-corrected chi connectivity index (χ1v) is 5.77. The van der Waals surface area contributed by atoms with Crippen LogP contribution < -0.4 is 0 Å². The van der Waals surface area contributed by atoms with Crippen LogP contribution in [0.2, 0.25) is 0 Å². The molecule has 0 radical (unpaired) electrons. The van der Waals surface area contributed by atoms with Gasteiger partial charge in [-0.2, -0.15) is 10.4 Å². The van der Waals surface area contributed by atoms with Crippen LogP contribution in [-0.2, 0) is 0 Å². The monoisotopic (exact) mass is 214 g/mol. The summed E-state index contributed by atoms with van der Waals surface area (Å²) < 4.78 is 4.05. The van der Waals surface area contributed by atoms with Crippen LogP contribution in [-0.4, -0.2) is 14.2 Å². The van der Waals surface area contributed by atoms with Crippen molar-refractivity contribution in [1.29, 1.82) is 5.26 Å². The van der Waals surface area contributed by atoms with E-state index >= 15 is 0 Å². The van der Waals surface area contributed by atoms with Gasteiger partial charge < -0.3 is 4.57 Å². The predicted molar refractivity (Wildman–Crippen MR) is 60.1 cm³/mol. The van der Waals surface area contributed by atoms with E-state index in [0.717, 1.165) is 16.9 Å². The Hall–Kier alpha value is -1.76. The second kappa shape index (κ2) is 3.38. The molecule has 0 unspecified atom stereocenters. The molecule has 4 heteroatoms. The summed E-state index contributed by atoms with van der Waals surface area (Å²) in [5, 5.41) is 13.5. The lowest BCUT2D eigenvalue weighted by Crippen LogP contribution is -2.03. The van der Waals surface area contributed by atoms with Crippen molar-refractivity contribution in [1.82, 2.24) is 14.2 Å². The number of aromatic nitrogens is 3. The van der Waals surface area contributed by atoms with E-state index < -0.39 is 0 Å². The molecule has 0 spiro atoms. The van der Waals surface area contributed by atoms with Crippen molar-refractivity contribution in [2.75, 3.05) is 0 Å². The maximum Gasteiger partial charge on any atom is 0.154 e. The Labute approximate surface area is 94.1 Å². The fraction of sp³-hybridized carbons (Fsp3) is 0.500. The zero-order chi connectivity index (χ0) is 11.1. The molecule has 2 aromatic heterocycles. The number of nitrogens with zero attached hydrogens (tertiary/aromatic N) is 4. The molecule has 0 atom stereocenters. The second-order valence-corrected chi connectivity index (χ2v) is 4.48. The summed E-state index contributed by atoms with van der Waals surface area (Å²) in [4.78, 5) is 0. The van der Waals surface area contributed by atoms with Crippen LogP contribution in [0.1, 0.15) is 43.0 Å². The number of hydrogen-bond donors (Lipinski definition) is 0. The van der Waals surface area contributed by atoms with E-state index in [9.17, 15) is 5.26 Å². The van der Waals surface area contributed by atoms with Gasteiger partial charge in [0.2, 0.25) is 0 Å². The van der Waals surface area contributed by atoms with Gasteiger partial charge in [0.15, 0.2) is 5.65 Å². The van der Waals surface area contributed by atoms with Crippen LogP contribution in [0.4, 0.5) is 0 Å². The van der Waals surface area contributed by atoms with Gasteiger partial charge >= 0.3 is 0 Å². The largest absolute Gasteiger partial charge is 0.327 e. The Bertz CT molecular complexity index is 564. The highest BCUT2D eigenvalue weighted by atomic mass is 15.3. The van der Waals surface area contributed by atoms with E-state index in [4.69, 9.17) is 0 Å². The molecule has 3 rings (SSSR count). The summed E-state index contributed by atoms with van der Waals surface area (Å²) >= 11 is 0. The predicted octanol–water partition coefficient (Wildman–Crippen LogP) is 2.43. The van der Waals surface area contributed by atoms with Crippen molar-refractivity contribution in [3.05, 3.63) is 23.7 Å². The number of fused-ring (bicyclic) bond motifs is 1. The first-order valence-electron chi connectivity index (χ1n) is 5.77. The van der Waals surface area contributed by atoms with Gasteiger partial charge in [0, 0.05) is 18.4 Å². The van der Waals surface area contributed by atoms with Crippen molar-refractivity contribution >= 4 is 5.65 Å². The highest BCUT2D eigenvalue weighted by Gasteiger charge is 2.21. The summed E-state index contributed by atoms with van der Waals surface area (Å²) in [7, 11) is 0. The minimum absolute atomic E-state index is 0.556. The van der Waals surface area contributed by atoms with Gasteiger partial charge in [0.05, 0.1) is 5.69 Å². The van der Waals surface area contributed by atoms with E-state index in [-0.39, 0.29) is 0 Å². The Morgan fingerprint density at radius 1 is 1.38 bits per heavy atom. The number of rotatable bonds is 1. The highest BCUT2D eigenvalue weighted by molar-refractivity contribution is 5.58. The summed E-state index contributed by atoms with van der Waals surface area (Å²) in [6.07, 6.45) is 9.03. The molecule has 0 aliphatic heterocycles. The number of hydrogen-bond acceptors (Lipinski definition) is 2. The van der Waals surface area contributed by atoms with Crippen molar-refractivity contribution in [3.8, 4) is 6.07 Å². The Balaban J connectivity index is 2.21. The first kappa shape index (κ1) is 9.46. The van der Waals surface area contributed by atoms with E-state index in [1.165, 1.54) is 25.7 Å². The Kier molecular flexibility index (Phi) is 2.00. The molecule has 1 aliphatic rings. The molecule has 1 saturated carbocycles. The molecule has 1 fully saturated rings. The lowest BCUT2D eigenvalue weighted by Gasteiger charge is -2.11. The molecule has 0 saturated heterocycles. The van der Waals surface area contributed by atoms with Crippen LogP contribution in [0.3, 0.4) is 0 Å². The van der Waals surface area contributed by atoms with E-state index in [2.05, 4.69) is 21.9 Å². The van der Waals surface area contributed by atoms with Gasteiger partial charge in [0.1, 0.15) is 11.6 Å². The van der Waals surface area contributed by atoms with Crippen LogP contribution in [0, 0.1) is 18.3 Å². The number of nitriles is 1. The molecule has 1 aliphatic carbocycles. The SMILES string of the molecule is Cc1nn2ccn(C3CCCC3)c2c1C#N. The molecular weight excluding hydrogens is 200 g/mol. The molecule has 0 bridgehead atoms. The molecule has 16 heavy (non-hydrogen) atoms. The zero-order valence-corrected chi connectivity index (χ0v) is 9.35. The maximum atomic E-state index is 9.17. The van der Waals surface area contributed by atoms with Gasteiger partial charge in [-0.1, -0.05) is 12.8 Å². The first-order chi connectivity index (χ1) is 7.81. The van der Waals surface area contributed by atoms with Gasteiger partial charge in [0.25, 0.3) is 0 Å². The summed E-state index contributed by atoms with van der Waals surface area (Å²) in [5.41, 5.74) is 2.51. The smallest absolute Gasteiger partial charge is 0.154 e. The van der Waals surface area contributed by atoms with Crippen molar-refractivity contribution in [3.63, 3.8) is 0 Å². The van der Waals surface area contributed by atoms with Crippen molar-refractivity contribution < 1.29 is 0 Å². The van der Waals surface area contributed by atoms with E-state index in [1.807, 2.05) is 17.6 Å². The summed E-state index contributed by atoms with van der Waals surface area (Å²) in [6.45, 7) is 1.89. The quantitative estimate of drug-likeness (QED) is 0.731. The average molecular weight is 214 g/mol. The zero-order valence-electron chi connectivity index (χ0n) is 9.35. The number of aryl methyl sites for hydroxylation is 1. The standard InChI is InChI=1S/C12H14N4/c1-9-11(8-13)12-15(6-7-16(12)14-9)10-4-2-3-5-10/h6-7,10H,2-5H2,1H3. The summed E-state index contributed by atoms with van der Waals surface area (Å²) in [5.74, 6) is 0. The Morgan fingerprint density at radius 2 is 2.12 bits per heavy atom. The topological polar surface area (TPSA) is 46.0 Å². The van der Waals surface area contributed by atoms with E-state index in [1.54, 1.807) is 0 Å². The fourth-order valence-corrected chi connectivity index (χ4v) is 2.70. The minimum atomic E-state index is 0.556. The molecule has 0 aromatic carbocycles. The fourth-order valence-electron chi connectivity index (χ4n) is 2.70. The highest BCUT2D eigenvalue weighted by Crippen LogP contribution is 2.32. The maximum absolute atomic E-state index is 9.17. The number of imidazole rings is 1. The van der Waals surface area contributed by atoms with Crippen molar-refractivity contribution in [2.24, 2.45) is 0 Å². The van der Waals surface area contributed by atoms with Crippen LogP contribution >= 0.6 is 0 Å². The minimum Gasteiger partial charge on any atom is -0.327 e. The molecule has 0 amide bonds. The van der Waals surface area contributed by atoms with E-state index in [0.29, 0.717) is 6.04 Å². The lowest BCUT2D eigenvalue weighted by molar-refractivity contribution is 0.533. The van der Waals surface area contributed by atoms with Crippen molar-refractivity contribution in [2.45, 2.75) is 38.6 Å². The molecule has 0 N–H and O–H groups in total. The average Bonchev–Trinajstić information content (AvgIpc) is 2.91. The molecule has 4 nitrogen and oxygen atoms in total. The molecular formula is C12H14N4. The third kappa shape index (κ3) is 1.18. The van der Waals surface area contributed by atoms with Crippen LogP contribution in [0.15, 0.2) is 12.4 Å². The third-order valence-electron chi connectivity index (χ3n) is 3.50. The van der Waals surface area contributed by atoms with Gasteiger partial charge in [-0.05, 0) is 19.8 Å². The van der Waals surface area contributed by atoms with Crippen LogP contribution in [0.25, 0.3) is 5.65 Å². The summed E-state index contributed by atoms with van der Waals surface area (Å²) in [6, 6.07) is 2.82. The second-order valence-electron chi connectivity index (χ2n) is 4.48. The Morgan fingerprint density at radius 3 is 2.81 bits per heavy atom. The van der Waals surface area contributed by atoms with Crippen LogP contribution in [0.5, 0.6) is 0 Å². The lowest BCUT2D eigenvalue weighted by atomic mass is 10.2.